The number of carbonyl (C=O) groups excluding carboxylic acids is 5. The number of likely N-dealkylation sites (tertiary alicyclic amines) is 2. The molecule has 10 rings (SSSR count). The number of nitrogens with zero attached hydrogens (tertiary/aromatic N) is 7. The van der Waals surface area contributed by atoms with E-state index in [1.807, 2.05) is 35.2 Å². The van der Waals surface area contributed by atoms with Gasteiger partial charge >= 0.3 is 0 Å². The Bertz CT molecular complexity index is 2360. The van der Waals surface area contributed by atoms with Crippen LogP contribution < -0.4 is 20.0 Å². The topological polar surface area (TPSA) is 141 Å². The highest BCUT2D eigenvalue weighted by molar-refractivity contribution is 6.32. The van der Waals surface area contributed by atoms with E-state index in [4.69, 9.17) is 11.6 Å². The van der Waals surface area contributed by atoms with Gasteiger partial charge in [0.25, 0.3) is 17.7 Å². The van der Waals surface area contributed by atoms with Gasteiger partial charge in [0.2, 0.25) is 11.8 Å². The maximum absolute atomic E-state index is 13.7. The molecule has 3 aromatic rings. The summed E-state index contributed by atoms with van der Waals surface area (Å²) in [6.45, 7) is 9.47. The number of imide groups is 2. The summed E-state index contributed by atoms with van der Waals surface area (Å²) < 4.78 is 0. The summed E-state index contributed by atoms with van der Waals surface area (Å²) in [7, 11) is 0. The molecule has 7 aliphatic heterocycles. The van der Waals surface area contributed by atoms with Crippen LogP contribution in [0.4, 0.5) is 17.1 Å². The predicted molar refractivity (Wildman–Crippen MR) is 235 cm³/mol. The van der Waals surface area contributed by atoms with Gasteiger partial charge in [-0.3, -0.25) is 34.2 Å². The Kier molecular flexibility index (Phi) is 10.5. The highest BCUT2D eigenvalue weighted by Gasteiger charge is 2.48. The minimum Gasteiger partial charge on any atom is -0.371 e. The van der Waals surface area contributed by atoms with E-state index >= 15 is 0 Å². The van der Waals surface area contributed by atoms with Crippen LogP contribution in [0.15, 0.2) is 60.7 Å². The number of piperidine rings is 4. The third-order valence-corrected chi connectivity index (χ3v) is 15.8. The van der Waals surface area contributed by atoms with E-state index < -0.39 is 23.8 Å². The van der Waals surface area contributed by atoms with E-state index in [0.29, 0.717) is 27.6 Å². The number of nitriles is 1. The molecule has 14 heteroatoms. The molecule has 6 saturated heterocycles. The summed E-state index contributed by atoms with van der Waals surface area (Å²) in [5, 5.41) is 12.0. The number of hydrogen-bond donors (Lipinski definition) is 1. The van der Waals surface area contributed by atoms with Gasteiger partial charge in [-0.15, -0.1) is 0 Å². The molecule has 62 heavy (non-hydrogen) atoms. The molecule has 2 spiro atoms. The number of anilines is 3. The summed E-state index contributed by atoms with van der Waals surface area (Å²) >= 11 is 6.34. The molecule has 6 fully saturated rings. The minimum atomic E-state index is -0.963. The van der Waals surface area contributed by atoms with Gasteiger partial charge in [-0.2, -0.15) is 5.26 Å². The molecule has 1 N–H and O–H groups in total. The van der Waals surface area contributed by atoms with Crippen molar-refractivity contribution in [1.29, 1.82) is 5.26 Å². The van der Waals surface area contributed by atoms with E-state index in [0.717, 1.165) is 132 Å². The quantitative estimate of drug-likeness (QED) is 0.294. The number of halogens is 1. The monoisotopic (exact) mass is 856 g/mol. The predicted octanol–water partition coefficient (Wildman–Crippen LogP) is 5.71. The lowest BCUT2D eigenvalue weighted by atomic mass is 9.75. The molecule has 0 radical (unpaired) electrons. The maximum atomic E-state index is 13.7. The van der Waals surface area contributed by atoms with E-state index in [-0.39, 0.29) is 35.6 Å². The first-order chi connectivity index (χ1) is 30.0. The van der Waals surface area contributed by atoms with Crippen LogP contribution in [0.25, 0.3) is 0 Å². The van der Waals surface area contributed by atoms with E-state index in [1.165, 1.54) is 12.1 Å². The number of benzene rings is 3. The van der Waals surface area contributed by atoms with Gasteiger partial charge in [-0.25, -0.2) is 0 Å². The molecule has 7 heterocycles. The third-order valence-electron chi connectivity index (χ3n) is 15.5. The minimum absolute atomic E-state index is 0.100. The second-order valence-corrected chi connectivity index (χ2v) is 19.2. The van der Waals surface area contributed by atoms with Crippen LogP contribution in [0.1, 0.15) is 101 Å². The number of nitrogens with one attached hydrogen (secondary N) is 1. The van der Waals surface area contributed by atoms with Crippen LogP contribution in [0.5, 0.6) is 0 Å². The van der Waals surface area contributed by atoms with Crippen molar-refractivity contribution in [1.82, 2.24) is 20.0 Å². The number of amides is 5. The third kappa shape index (κ3) is 7.28. The van der Waals surface area contributed by atoms with Crippen LogP contribution in [0.2, 0.25) is 5.02 Å². The van der Waals surface area contributed by atoms with Gasteiger partial charge in [0.1, 0.15) is 12.1 Å². The molecule has 0 aromatic heterocycles. The molecule has 1 atom stereocenters. The van der Waals surface area contributed by atoms with Crippen molar-refractivity contribution < 1.29 is 24.0 Å². The van der Waals surface area contributed by atoms with E-state index in [1.54, 1.807) is 18.2 Å². The Morgan fingerprint density at radius 2 is 1.39 bits per heavy atom. The zero-order chi connectivity index (χ0) is 42.8. The Morgan fingerprint density at radius 3 is 2.06 bits per heavy atom. The van der Waals surface area contributed by atoms with Gasteiger partial charge < -0.3 is 24.5 Å². The molecular weight excluding hydrogens is 804 g/mol. The van der Waals surface area contributed by atoms with E-state index in [2.05, 4.69) is 43.1 Å². The fraction of sp³-hybridized carbons (Fsp3) is 0.500. The number of carbonyl (C=O) groups is 5. The van der Waals surface area contributed by atoms with Crippen molar-refractivity contribution in [3.8, 4) is 6.07 Å². The van der Waals surface area contributed by atoms with Crippen molar-refractivity contribution in [2.45, 2.75) is 75.8 Å². The summed E-state index contributed by atoms with van der Waals surface area (Å²) in [6.07, 6.45) is 8.90. The molecule has 7 aliphatic rings. The van der Waals surface area contributed by atoms with Gasteiger partial charge in [0.15, 0.2) is 0 Å². The molecule has 0 bridgehead atoms. The van der Waals surface area contributed by atoms with Crippen molar-refractivity contribution >= 4 is 58.2 Å². The molecule has 1 unspecified atom stereocenters. The summed E-state index contributed by atoms with van der Waals surface area (Å²) in [6, 6.07) is 20.6. The highest BCUT2D eigenvalue weighted by Crippen LogP contribution is 2.45. The lowest BCUT2D eigenvalue weighted by Gasteiger charge is -2.58. The molecule has 3 aromatic carbocycles. The number of fused-ring (bicyclic) bond motifs is 1. The Balaban J connectivity index is 0.677. The second kappa shape index (κ2) is 16.0. The maximum Gasteiger partial charge on any atom is 0.262 e. The number of rotatable bonds is 7. The Labute approximate surface area is 367 Å². The smallest absolute Gasteiger partial charge is 0.262 e. The van der Waals surface area contributed by atoms with Crippen molar-refractivity contribution in [2.75, 3.05) is 80.1 Å². The second-order valence-electron chi connectivity index (χ2n) is 18.8. The van der Waals surface area contributed by atoms with Crippen LogP contribution in [0, 0.1) is 22.7 Å². The van der Waals surface area contributed by atoms with E-state index in [9.17, 15) is 29.2 Å². The first-order valence-electron chi connectivity index (χ1n) is 22.5. The standard InChI is InChI=1S/C48H53ClN8O5/c49-40-28-37(6-3-34(40)29-50)55-25-15-47(31-55)13-23-54(24-14-47)44(60)33-1-4-35(5-2-33)56-26-18-48(56)16-21-52(22-17-48)30-32-11-19-53(20-12-32)36-7-8-38-39(27-36)46(62)57(45(38)61)41-9-10-42(58)51-43(41)59/h1-8,27-28,32,41H,9-26,30-31H2,(H,51,58,59). The average molecular weight is 857 g/mol. The van der Waals surface area contributed by atoms with Gasteiger partial charge in [0, 0.05) is 100 Å². The lowest BCUT2D eigenvalue weighted by Crippen LogP contribution is -2.64. The van der Waals surface area contributed by atoms with Gasteiger partial charge in [-0.1, -0.05) is 11.6 Å². The largest absolute Gasteiger partial charge is 0.371 e. The van der Waals surface area contributed by atoms with Crippen LogP contribution in [0.3, 0.4) is 0 Å². The lowest BCUT2D eigenvalue weighted by molar-refractivity contribution is -0.136. The zero-order valence-corrected chi connectivity index (χ0v) is 35.9. The van der Waals surface area contributed by atoms with Gasteiger partial charge in [0.05, 0.1) is 21.7 Å². The van der Waals surface area contributed by atoms with Gasteiger partial charge in [-0.05, 0) is 130 Å². The highest BCUT2D eigenvalue weighted by atomic mass is 35.5. The first kappa shape index (κ1) is 40.6. The zero-order valence-electron chi connectivity index (χ0n) is 35.1. The first-order valence-corrected chi connectivity index (χ1v) is 22.8. The molecule has 13 nitrogen and oxygen atoms in total. The van der Waals surface area contributed by atoms with Crippen LogP contribution in [-0.4, -0.2) is 121 Å². The average Bonchev–Trinajstić information content (AvgIpc) is 3.80. The Morgan fingerprint density at radius 1 is 0.726 bits per heavy atom. The summed E-state index contributed by atoms with van der Waals surface area (Å²) in [5.74, 6) is -1.21. The van der Waals surface area contributed by atoms with Crippen LogP contribution >= 0.6 is 11.6 Å². The fourth-order valence-corrected chi connectivity index (χ4v) is 11.7. The Hall–Kier alpha value is -5.45. The summed E-state index contributed by atoms with van der Waals surface area (Å²) in [4.78, 5) is 77.3. The molecule has 0 aliphatic carbocycles. The SMILES string of the molecule is N#Cc1ccc(N2CCC3(CCN(C(=O)c4ccc(N5CCC56CCN(CC5CCN(c7ccc8c(c7)C(=O)N(C7CCC(=O)NC7=O)C8=O)CC5)CC6)cc4)CC3)C2)cc1Cl. The number of hydrogen-bond acceptors (Lipinski definition) is 10. The van der Waals surface area contributed by atoms with Crippen molar-refractivity contribution in [3.63, 3.8) is 0 Å². The molecule has 0 saturated carbocycles. The van der Waals surface area contributed by atoms with Crippen molar-refractivity contribution in [2.24, 2.45) is 11.3 Å². The fourth-order valence-electron chi connectivity index (χ4n) is 11.5. The normalized spacial score (nSPS) is 23.8. The van der Waals surface area contributed by atoms with Crippen molar-refractivity contribution in [3.05, 3.63) is 87.9 Å². The summed E-state index contributed by atoms with van der Waals surface area (Å²) in [5.41, 5.74) is 5.47. The molecule has 5 amide bonds. The molecular formula is C48H53ClN8O5. The van der Waals surface area contributed by atoms with Crippen LogP contribution in [-0.2, 0) is 9.59 Å². The molecule has 322 valence electrons.